The average molecular weight is 478 g/mol. The molecular weight excluding hydrogens is 452 g/mol. The maximum atomic E-state index is 14.4. The average Bonchev–Trinajstić information content (AvgIpc) is 3.41. The van der Waals surface area contributed by atoms with Gasteiger partial charge >= 0.3 is 5.97 Å². The topological polar surface area (TPSA) is 108 Å². The number of carboxylic acid groups (broad SMARTS) is 1. The number of carbonyl (C=O) groups is 1. The van der Waals surface area contributed by atoms with E-state index in [2.05, 4.69) is 16.3 Å². The molecular formula is C26H25F2N5O2. The highest BCUT2D eigenvalue weighted by Crippen LogP contribution is 2.47. The molecule has 5 rings (SSSR count). The third kappa shape index (κ3) is 3.83. The summed E-state index contributed by atoms with van der Waals surface area (Å²) in [5, 5.41) is 26.9. The van der Waals surface area contributed by atoms with Crippen molar-refractivity contribution in [2.75, 3.05) is 0 Å². The Hall–Kier alpha value is -3.80. The molecule has 0 bridgehead atoms. The number of nitriles is 1. The molecule has 1 saturated carbocycles. The molecule has 2 N–H and O–H groups in total. The number of aliphatic carboxylic acids is 1. The van der Waals surface area contributed by atoms with Crippen LogP contribution < -0.4 is 0 Å². The molecule has 3 heterocycles. The van der Waals surface area contributed by atoms with Crippen LogP contribution in [0.15, 0.2) is 30.5 Å². The van der Waals surface area contributed by atoms with Crippen molar-refractivity contribution in [2.24, 2.45) is 5.92 Å². The van der Waals surface area contributed by atoms with Crippen molar-refractivity contribution in [3.05, 3.63) is 53.4 Å². The van der Waals surface area contributed by atoms with Crippen LogP contribution in [0.25, 0.3) is 27.8 Å². The third-order valence-electron chi connectivity index (χ3n) is 7.19. The van der Waals surface area contributed by atoms with Crippen LogP contribution >= 0.6 is 0 Å². The SMILES string of the molecule is CC(C)(CC#N)c1c([C@H]2CC[C@H](C(=O)O)CC2)c2nc3[nH]ncc3cc2n1-c1ccc(F)c(F)c1. The summed E-state index contributed by atoms with van der Waals surface area (Å²) in [5.41, 5.74) is 3.55. The molecule has 1 fully saturated rings. The zero-order chi connectivity index (χ0) is 24.9. The van der Waals surface area contributed by atoms with Gasteiger partial charge in [0.1, 0.15) is 0 Å². The van der Waals surface area contributed by atoms with Crippen molar-refractivity contribution in [1.29, 1.82) is 5.26 Å². The summed E-state index contributed by atoms with van der Waals surface area (Å²) >= 11 is 0. The van der Waals surface area contributed by atoms with Crippen LogP contribution in [0, 0.1) is 28.9 Å². The van der Waals surface area contributed by atoms with Gasteiger partial charge < -0.3 is 9.67 Å². The molecule has 7 nitrogen and oxygen atoms in total. The third-order valence-corrected chi connectivity index (χ3v) is 7.19. The molecule has 0 aliphatic heterocycles. The van der Waals surface area contributed by atoms with Crippen molar-refractivity contribution in [3.8, 4) is 11.8 Å². The highest BCUT2D eigenvalue weighted by atomic mass is 19.2. The van der Waals surface area contributed by atoms with Crippen molar-refractivity contribution in [2.45, 2.75) is 57.3 Å². The molecule has 1 aromatic carbocycles. The number of aromatic nitrogens is 4. The van der Waals surface area contributed by atoms with E-state index < -0.39 is 23.0 Å². The van der Waals surface area contributed by atoms with Crippen molar-refractivity contribution < 1.29 is 18.7 Å². The number of nitrogens with zero attached hydrogens (tertiary/aromatic N) is 4. The van der Waals surface area contributed by atoms with E-state index in [1.807, 2.05) is 24.5 Å². The van der Waals surface area contributed by atoms with Gasteiger partial charge in [0.25, 0.3) is 0 Å². The smallest absolute Gasteiger partial charge is 0.306 e. The van der Waals surface area contributed by atoms with Crippen LogP contribution in [0.3, 0.4) is 0 Å². The number of fused-ring (bicyclic) bond motifs is 2. The second-order valence-corrected chi connectivity index (χ2v) is 9.97. The molecule has 9 heteroatoms. The number of hydrogen-bond donors (Lipinski definition) is 2. The zero-order valence-electron chi connectivity index (χ0n) is 19.5. The summed E-state index contributed by atoms with van der Waals surface area (Å²) in [6.07, 6.45) is 4.26. The van der Waals surface area contributed by atoms with Gasteiger partial charge in [-0.1, -0.05) is 13.8 Å². The fourth-order valence-electron chi connectivity index (χ4n) is 5.45. The fourth-order valence-corrected chi connectivity index (χ4v) is 5.45. The Balaban J connectivity index is 1.84. The van der Waals surface area contributed by atoms with Crippen molar-refractivity contribution in [1.82, 2.24) is 19.7 Å². The Kier molecular flexibility index (Phi) is 5.55. The van der Waals surface area contributed by atoms with E-state index >= 15 is 0 Å². The van der Waals surface area contributed by atoms with Crippen LogP contribution in [-0.4, -0.2) is 30.8 Å². The van der Waals surface area contributed by atoms with E-state index in [4.69, 9.17) is 4.98 Å². The first kappa shape index (κ1) is 23.0. The molecule has 4 aromatic rings. The number of rotatable bonds is 5. The highest BCUT2D eigenvalue weighted by Gasteiger charge is 2.37. The van der Waals surface area contributed by atoms with Gasteiger partial charge in [0.15, 0.2) is 17.3 Å². The maximum Gasteiger partial charge on any atom is 0.306 e. The summed E-state index contributed by atoms with van der Waals surface area (Å²) < 4.78 is 30.1. The molecule has 0 spiro atoms. The summed E-state index contributed by atoms with van der Waals surface area (Å²) in [5.74, 6) is -3.05. The molecule has 1 aliphatic rings. The normalized spacial score (nSPS) is 18.7. The van der Waals surface area contributed by atoms with Crippen molar-refractivity contribution >= 4 is 28.0 Å². The van der Waals surface area contributed by atoms with Gasteiger partial charge in [0.2, 0.25) is 0 Å². The van der Waals surface area contributed by atoms with Gasteiger partial charge in [0.05, 0.1) is 29.2 Å². The van der Waals surface area contributed by atoms with Gasteiger partial charge in [-0.15, -0.1) is 0 Å². The minimum Gasteiger partial charge on any atom is -0.481 e. The number of halogens is 2. The highest BCUT2D eigenvalue weighted by molar-refractivity contribution is 5.94. The zero-order valence-corrected chi connectivity index (χ0v) is 19.5. The summed E-state index contributed by atoms with van der Waals surface area (Å²) in [6, 6.07) is 7.96. The Morgan fingerprint density at radius 3 is 2.63 bits per heavy atom. The van der Waals surface area contributed by atoms with E-state index in [1.165, 1.54) is 6.07 Å². The first-order chi connectivity index (χ1) is 16.7. The molecule has 0 atom stereocenters. The van der Waals surface area contributed by atoms with Gasteiger partial charge in [-0.2, -0.15) is 10.4 Å². The predicted molar refractivity (Wildman–Crippen MR) is 126 cm³/mol. The quantitative estimate of drug-likeness (QED) is 0.382. The van der Waals surface area contributed by atoms with Crippen LogP contribution in [0.1, 0.15) is 63.1 Å². The van der Waals surface area contributed by atoms with E-state index in [9.17, 15) is 23.9 Å². The summed E-state index contributed by atoms with van der Waals surface area (Å²) in [4.78, 5) is 16.4. The summed E-state index contributed by atoms with van der Waals surface area (Å²) in [7, 11) is 0. The van der Waals surface area contributed by atoms with Gasteiger partial charge in [0, 0.05) is 40.2 Å². The predicted octanol–water partition coefficient (Wildman–Crippen LogP) is 5.73. The minimum absolute atomic E-state index is 0.0143. The number of H-pyrrole nitrogens is 1. The largest absolute Gasteiger partial charge is 0.481 e. The Morgan fingerprint density at radius 1 is 1.23 bits per heavy atom. The Labute approximate surface area is 200 Å². The van der Waals surface area contributed by atoms with Gasteiger partial charge in [-0.25, -0.2) is 13.8 Å². The first-order valence-corrected chi connectivity index (χ1v) is 11.7. The lowest BCUT2D eigenvalue weighted by Crippen LogP contribution is -2.26. The lowest BCUT2D eigenvalue weighted by atomic mass is 9.74. The van der Waals surface area contributed by atoms with E-state index in [0.717, 1.165) is 28.8 Å². The number of carboxylic acids is 1. The number of pyridine rings is 1. The summed E-state index contributed by atoms with van der Waals surface area (Å²) in [6.45, 7) is 3.92. The van der Waals surface area contributed by atoms with Crippen LogP contribution in [0.4, 0.5) is 8.78 Å². The maximum absolute atomic E-state index is 14.4. The molecule has 0 saturated heterocycles. The molecule has 0 amide bonds. The molecule has 3 aromatic heterocycles. The van der Waals surface area contributed by atoms with E-state index in [0.29, 0.717) is 48.1 Å². The number of benzene rings is 1. The number of aromatic amines is 1. The standard InChI is InChI=1S/C26H25F2N5O2/c1-26(2,9-10-29)23-21(14-3-5-15(6-4-14)25(34)35)22-20(11-16-13-30-32-24(16)31-22)33(23)17-7-8-18(27)19(28)12-17/h7-8,11-15H,3-6,9H2,1-2H3,(H,34,35)(H,30,31,32)/t14-,15-. The van der Waals surface area contributed by atoms with Crippen LogP contribution in [0.5, 0.6) is 0 Å². The van der Waals surface area contributed by atoms with E-state index in [1.54, 1.807) is 6.20 Å². The first-order valence-electron chi connectivity index (χ1n) is 11.7. The second-order valence-electron chi connectivity index (χ2n) is 9.97. The lowest BCUT2D eigenvalue weighted by Gasteiger charge is -2.31. The van der Waals surface area contributed by atoms with Gasteiger partial charge in [-0.05, 0) is 49.8 Å². The monoisotopic (exact) mass is 477 g/mol. The Morgan fingerprint density at radius 2 is 1.97 bits per heavy atom. The minimum atomic E-state index is -0.964. The van der Waals surface area contributed by atoms with E-state index in [-0.39, 0.29) is 18.3 Å². The molecule has 1 aliphatic carbocycles. The fraction of sp³-hybridized carbons (Fsp3) is 0.385. The number of nitrogens with one attached hydrogen (secondary N) is 1. The van der Waals surface area contributed by atoms with Gasteiger partial charge in [-0.3, -0.25) is 9.89 Å². The molecule has 180 valence electrons. The lowest BCUT2D eigenvalue weighted by molar-refractivity contribution is -0.142. The van der Waals surface area contributed by atoms with Crippen LogP contribution in [0.2, 0.25) is 0 Å². The van der Waals surface area contributed by atoms with Crippen LogP contribution in [-0.2, 0) is 10.2 Å². The Bertz CT molecular complexity index is 1490. The second kappa shape index (κ2) is 8.45. The number of hydrogen-bond acceptors (Lipinski definition) is 4. The molecule has 35 heavy (non-hydrogen) atoms. The van der Waals surface area contributed by atoms with Crippen molar-refractivity contribution in [3.63, 3.8) is 0 Å². The molecule has 0 unspecified atom stereocenters. The molecule has 0 radical (unpaired) electrons.